The van der Waals surface area contributed by atoms with E-state index in [1.165, 1.54) is 0 Å². The van der Waals surface area contributed by atoms with E-state index in [1.807, 2.05) is 12.1 Å². The molecule has 0 aromatic heterocycles. The summed E-state index contributed by atoms with van der Waals surface area (Å²) in [6.45, 7) is 9.50. The number of nitrogens with one attached hydrogen (secondary N) is 1. The second kappa shape index (κ2) is 6.15. The van der Waals surface area contributed by atoms with E-state index in [0.29, 0.717) is 12.8 Å². The zero-order chi connectivity index (χ0) is 13.8. The first-order valence-corrected chi connectivity index (χ1v) is 6.92. The van der Waals surface area contributed by atoms with Crippen LogP contribution in [0.1, 0.15) is 39.7 Å². The fourth-order valence-corrected chi connectivity index (χ4v) is 1.83. The molecule has 106 valence electrons. The van der Waals surface area contributed by atoms with E-state index < -0.39 is 0 Å². The van der Waals surface area contributed by atoms with Crippen LogP contribution in [0.25, 0.3) is 0 Å². The van der Waals surface area contributed by atoms with Gasteiger partial charge in [0.15, 0.2) is 11.5 Å². The molecule has 1 N–H and O–H groups in total. The molecule has 1 aliphatic rings. The fraction of sp³-hybridized carbons (Fsp3) is 0.600. The molecule has 0 radical (unpaired) electrons. The fourth-order valence-electron chi connectivity index (χ4n) is 1.83. The zero-order valence-electron chi connectivity index (χ0n) is 12.2. The maximum absolute atomic E-state index is 5.98. The SMILES string of the molecule is CCC(C)Oc1cc2c(cc1CNC(C)C)OCO2. The summed E-state index contributed by atoms with van der Waals surface area (Å²) in [4.78, 5) is 0. The molecule has 0 saturated carbocycles. The van der Waals surface area contributed by atoms with Crippen LogP contribution in [0.4, 0.5) is 0 Å². The molecule has 1 aliphatic heterocycles. The maximum atomic E-state index is 5.98. The van der Waals surface area contributed by atoms with Gasteiger partial charge in [0.2, 0.25) is 6.79 Å². The van der Waals surface area contributed by atoms with E-state index in [2.05, 4.69) is 33.0 Å². The second-order valence-electron chi connectivity index (χ2n) is 5.19. The summed E-state index contributed by atoms with van der Waals surface area (Å²) in [5.41, 5.74) is 1.11. The molecular formula is C15H23NO3. The van der Waals surface area contributed by atoms with Crippen molar-refractivity contribution in [2.75, 3.05) is 6.79 Å². The molecule has 0 aliphatic carbocycles. The summed E-state index contributed by atoms with van der Waals surface area (Å²) in [7, 11) is 0. The molecule has 0 amide bonds. The van der Waals surface area contributed by atoms with E-state index >= 15 is 0 Å². The smallest absolute Gasteiger partial charge is 0.231 e. The van der Waals surface area contributed by atoms with Crippen LogP contribution in [0.15, 0.2) is 12.1 Å². The van der Waals surface area contributed by atoms with Gasteiger partial charge >= 0.3 is 0 Å². The van der Waals surface area contributed by atoms with Crippen molar-refractivity contribution in [1.82, 2.24) is 5.32 Å². The van der Waals surface area contributed by atoms with Crippen molar-refractivity contribution in [1.29, 1.82) is 0 Å². The first-order chi connectivity index (χ1) is 9.10. The van der Waals surface area contributed by atoms with Crippen LogP contribution in [-0.4, -0.2) is 18.9 Å². The normalized spacial score (nSPS) is 14.8. The summed E-state index contributed by atoms with van der Waals surface area (Å²) in [5.74, 6) is 2.45. The molecule has 1 unspecified atom stereocenters. The number of benzene rings is 1. The molecule has 0 bridgehead atoms. The summed E-state index contributed by atoms with van der Waals surface area (Å²) < 4.78 is 16.8. The van der Waals surface area contributed by atoms with Crippen molar-refractivity contribution in [3.63, 3.8) is 0 Å². The molecule has 19 heavy (non-hydrogen) atoms. The molecule has 1 atom stereocenters. The van der Waals surface area contributed by atoms with E-state index in [4.69, 9.17) is 14.2 Å². The van der Waals surface area contributed by atoms with Crippen molar-refractivity contribution in [3.05, 3.63) is 17.7 Å². The zero-order valence-corrected chi connectivity index (χ0v) is 12.2. The first kappa shape index (κ1) is 14.0. The standard InChI is InChI=1S/C15H23NO3/c1-5-11(4)19-13-7-15-14(17-9-18-15)6-12(13)8-16-10(2)3/h6-7,10-11,16H,5,8-9H2,1-4H3. The molecule has 2 rings (SSSR count). The van der Waals surface area contributed by atoms with Gasteiger partial charge in [-0.25, -0.2) is 0 Å². The largest absolute Gasteiger partial charge is 0.490 e. The van der Waals surface area contributed by atoms with E-state index in [-0.39, 0.29) is 6.10 Å². The summed E-state index contributed by atoms with van der Waals surface area (Å²) in [6, 6.07) is 4.38. The number of fused-ring (bicyclic) bond motifs is 1. The molecule has 1 aromatic rings. The Balaban J connectivity index is 2.21. The molecule has 0 fully saturated rings. The first-order valence-electron chi connectivity index (χ1n) is 6.92. The topological polar surface area (TPSA) is 39.7 Å². The van der Waals surface area contributed by atoms with Crippen LogP contribution in [0.2, 0.25) is 0 Å². The van der Waals surface area contributed by atoms with E-state index in [1.54, 1.807) is 0 Å². The monoisotopic (exact) mass is 265 g/mol. The average molecular weight is 265 g/mol. The van der Waals surface area contributed by atoms with Gasteiger partial charge in [0, 0.05) is 24.2 Å². The van der Waals surface area contributed by atoms with Gasteiger partial charge in [-0.3, -0.25) is 0 Å². The van der Waals surface area contributed by atoms with E-state index in [9.17, 15) is 0 Å². The predicted octanol–water partition coefficient (Wildman–Crippen LogP) is 3.09. The van der Waals surface area contributed by atoms with Gasteiger partial charge in [0.1, 0.15) is 5.75 Å². The minimum absolute atomic E-state index is 0.193. The Labute approximate surface area is 115 Å². The quantitative estimate of drug-likeness (QED) is 0.858. The second-order valence-corrected chi connectivity index (χ2v) is 5.19. The Morgan fingerprint density at radius 1 is 1.21 bits per heavy atom. The minimum Gasteiger partial charge on any atom is -0.490 e. The Morgan fingerprint density at radius 3 is 2.53 bits per heavy atom. The van der Waals surface area contributed by atoms with Gasteiger partial charge in [-0.05, 0) is 19.4 Å². The third-order valence-electron chi connectivity index (χ3n) is 3.16. The Kier molecular flexibility index (Phi) is 4.53. The lowest BCUT2D eigenvalue weighted by Gasteiger charge is -2.18. The maximum Gasteiger partial charge on any atom is 0.231 e. The number of ether oxygens (including phenoxy) is 3. The van der Waals surface area contributed by atoms with Crippen molar-refractivity contribution in [2.24, 2.45) is 0 Å². The highest BCUT2D eigenvalue weighted by molar-refractivity contribution is 5.51. The predicted molar refractivity (Wildman–Crippen MR) is 74.9 cm³/mol. The lowest BCUT2D eigenvalue weighted by atomic mass is 10.1. The van der Waals surface area contributed by atoms with Crippen LogP contribution >= 0.6 is 0 Å². The molecule has 1 heterocycles. The van der Waals surface area contributed by atoms with E-state index in [0.717, 1.165) is 35.8 Å². The number of rotatable bonds is 6. The summed E-state index contributed by atoms with van der Waals surface area (Å²) in [6.07, 6.45) is 1.17. The highest BCUT2D eigenvalue weighted by atomic mass is 16.7. The molecule has 4 heteroatoms. The third kappa shape index (κ3) is 3.53. The molecule has 4 nitrogen and oxygen atoms in total. The van der Waals surface area contributed by atoms with Crippen molar-refractivity contribution < 1.29 is 14.2 Å². The van der Waals surface area contributed by atoms with Gasteiger partial charge in [-0.1, -0.05) is 20.8 Å². The van der Waals surface area contributed by atoms with Crippen molar-refractivity contribution in [3.8, 4) is 17.2 Å². The van der Waals surface area contributed by atoms with Gasteiger partial charge < -0.3 is 19.5 Å². The lowest BCUT2D eigenvalue weighted by Crippen LogP contribution is -2.22. The lowest BCUT2D eigenvalue weighted by molar-refractivity contribution is 0.173. The minimum atomic E-state index is 0.193. The van der Waals surface area contributed by atoms with Gasteiger partial charge in [-0.15, -0.1) is 0 Å². The van der Waals surface area contributed by atoms with Gasteiger partial charge in [0.25, 0.3) is 0 Å². The van der Waals surface area contributed by atoms with Crippen LogP contribution in [0.5, 0.6) is 17.2 Å². The number of hydrogen-bond donors (Lipinski definition) is 1. The van der Waals surface area contributed by atoms with Crippen LogP contribution in [-0.2, 0) is 6.54 Å². The average Bonchev–Trinajstić information content (AvgIpc) is 2.82. The molecule has 0 saturated heterocycles. The molecule has 1 aromatic carbocycles. The van der Waals surface area contributed by atoms with Gasteiger partial charge in [-0.2, -0.15) is 0 Å². The summed E-state index contributed by atoms with van der Waals surface area (Å²) in [5, 5.41) is 3.41. The highest BCUT2D eigenvalue weighted by Gasteiger charge is 2.19. The summed E-state index contributed by atoms with van der Waals surface area (Å²) >= 11 is 0. The van der Waals surface area contributed by atoms with Crippen molar-refractivity contribution in [2.45, 2.75) is 52.8 Å². The van der Waals surface area contributed by atoms with Crippen LogP contribution in [0, 0.1) is 0 Å². The number of hydrogen-bond acceptors (Lipinski definition) is 4. The van der Waals surface area contributed by atoms with Gasteiger partial charge in [0.05, 0.1) is 6.10 Å². The Hall–Kier alpha value is -1.42. The van der Waals surface area contributed by atoms with Crippen LogP contribution < -0.4 is 19.5 Å². The van der Waals surface area contributed by atoms with Crippen molar-refractivity contribution >= 4 is 0 Å². The Morgan fingerprint density at radius 2 is 1.89 bits per heavy atom. The molecule has 0 spiro atoms. The highest BCUT2D eigenvalue weighted by Crippen LogP contribution is 2.38. The third-order valence-corrected chi connectivity index (χ3v) is 3.16. The van der Waals surface area contributed by atoms with Crippen LogP contribution in [0.3, 0.4) is 0 Å². The Bertz CT molecular complexity index is 432. The molecular weight excluding hydrogens is 242 g/mol.